The van der Waals surface area contributed by atoms with Crippen molar-refractivity contribution < 1.29 is 27.5 Å². The molecule has 5 N–H and O–H groups in total. The molecule has 2 aliphatic rings. The molecule has 1 aromatic heterocycles. The molecule has 1 saturated carbocycles. The van der Waals surface area contributed by atoms with Crippen LogP contribution >= 0.6 is 0 Å². The molecule has 1 aliphatic heterocycles. The molecule has 0 aromatic carbocycles. The average Bonchev–Trinajstić information content (AvgIpc) is 2.94. The Morgan fingerprint density at radius 1 is 1.33 bits per heavy atom. The fourth-order valence-electron chi connectivity index (χ4n) is 6.35. The lowest BCUT2D eigenvalue weighted by Gasteiger charge is -2.49. The summed E-state index contributed by atoms with van der Waals surface area (Å²) in [6.45, 7) is 8.00. The minimum atomic E-state index is -4.29. The van der Waals surface area contributed by atoms with Crippen LogP contribution in [-0.4, -0.2) is 96.6 Å². The molecule has 1 aliphatic carbocycles. The van der Waals surface area contributed by atoms with Crippen molar-refractivity contribution in [3.63, 3.8) is 0 Å². The first-order chi connectivity index (χ1) is 20.3. The first-order valence-corrected chi connectivity index (χ1v) is 16.5. The van der Waals surface area contributed by atoms with E-state index >= 15 is 0 Å². The molecule has 240 valence electrons. The van der Waals surface area contributed by atoms with Gasteiger partial charge < -0.3 is 25.6 Å². The summed E-state index contributed by atoms with van der Waals surface area (Å²) in [5, 5.41) is 10.8. The normalized spacial score (nSPS) is 24.7. The van der Waals surface area contributed by atoms with Gasteiger partial charge in [0.1, 0.15) is 10.8 Å². The number of carbonyl (C=O) groups excluding carboxylic acids is 3. The van der Waals surface area contributed by atoms with E-state index in [0.717, 1.165) is 0 Å². The summed E-state index contributed by atoms with van der Waals surface area (Å²) >= 11 is 0. The van der Waals surface area contributed by atoms with Crippen LogP contribution in [0.25, 0.3) is 0 Å². The van der Waals surface area contributed by atoms with E-state index in [4.69, 9.17) is 15.9 Å². The van der Waals surface area contributed by atoms with Gasteiger partial charge in [-0.15, -0.1) is 0 Å². The Balaban J connectivity index is 1.81. The van der Waals surface area contributed by atoms with E-state index in [-0.39, 0.29) is 49.4 Å². The van der Waals surface area contributed by atoms with Gasteiger partial charge in [0.05, 0.1) is 12.6 Å². The van der Waals surface area contributed by atoms with Crippen molar-refractivity contribution >= 4 is 33.6 Å². The first kappa shape index (κ1) is 34.4. The molecule has 1 saturated heterocycles. The van der Waals surface area contributed by atoms with Crippen LogP contribution < -0.4 is 15.8 Å². The summed E-state index contributed by atoms with van der Waals surface area (Å²) < 4.78 is 34.8. The number of nitrogens with zero attached hydrogens (tertiary/aromatic N) is 3. The van der Waals surface area contributed by atoms with Crippen molar-refractivity contribution in [1.82, 2.24) is 24.8 Å². The highest BCUT2D eigenvalue weighted by Crippen LogP contribution is 2.48. The molecule has 2 fully saturated rings. The zero-order chi connectivity index (χ0) is 31.9. The topological polar surface area (TPSA) is 188 Å². The van der Waals surface area contributed by atoms with Crippen LogP contribution in [0.1, 0.15) is 65.4 Å². The number of piperidine rings is 1. The molecule has 0 bridgehead atoms. The predicted octanol–water partition coefficient (Wildman–Crippen LogP) is 0.991. The summed E-state index contributed by atoms with van der Waals surface area (Å²) in [6, 6.07) is 1.71. The second-order valence-electron chi connectivity index (χ2n) is 11.8. The van der Waals surface area contributed by atoms with E-state index in [0.29, 0.717) is 38.0 Å². The van der Waals surface area contributed by atoms with Crippen LogP contribution in [0.4, 0.5) is 0 Å². The van der Waals surface area contributed by atoms with Crippen molar-refractivity contribution in [3.05, 3.63) is 30.1 Å². The number of likely N-dealkylation sites (tertiary alicyclic amines) is 1. The largest absolute Gasteiger partial charge is 0.370 e. The fraction of sp³-hybridized carbons (Fsp3) is 0.690. The van der Waals surface area contributed by atoms with Gasteiger partial charge in [-0.2, -0.15) is 0 Å². The quantitative estimate of drug-likeness (QED) is 0.173. The molecule has 14 heteroatoms. The SMILES string of the molecule is CCCC1(S(=O)(=O)NC(Cc2cccnc2)C(=O)N(C)CC(=O)NC2CCCN(C(=N)N)C2OCC)C(=O)CC1C(C)C. The molecule has 2 amide bonds. The Kier molecular flexibility index (Phi) is 11.7. The van der Waals surface area contributed by atoms with Crippen molar-refractivity contribution in [2.45, 2.75) is 89.3 Å². The van der Waals surface area contributed by atoms with Gasteiger partial charge in [-0.25, -0.2) is 13.1 Å². The average molecular weight is 622 g/mol. The lowest BCUT2D eigenvalue weighted by molar-refractivity contribution is -0.137. The van der Waals surface area contributed by atoms with Gasteiger partial charge >= 0.3 is 0 Å². The molecule has 43 heavy (non-hydrogen) atoms. The number of hydrogen-bond donors (Lipinski definition) is 4. The first-order valence-electron chi connectivity index (χ1n) is 15.0. The molecular weight excluding hydrogens is 574 g/mol. The minimum Gasteiger partial charge on any atom is -0.370 e. The van der Waals surface area contributed by atoms with E-state index in [1.807, 2.05) is 27.7 Å². The smallest absolute Gasteiger partial charge is 0.241 e. The highest BCUT2D eigenvalue weighted by molar-refractivity contribution is 7.92. The molecule has 13 nitrogen and oxygen atoms in total. The van der Waals surface area contributed by atoms with Crippen LogP contribution in [0.2, 0.25) is 0 Å². The van der Waals surface area contributed by atoms with Crippen LogP contribution in [-0.2, 0) is 35.6 Å². The number of rotatable bonds is 14. The lowest BCUT2D eigenvalue weighted by Crippen LogP contribution is -2.68. The van der Waals surface area contributed by atoms with Gasteiger partial charge in [0.2, 0.25) is 21.8 Å². The maximum absolute atomic E-state index is 14.0. The summed E-state index contributed by atoms with van der Waals surface area (Å²) in [6.07, 6.45) is 4.62. The van der Waals surface area contributed by atoms with Crippen LogP contribution in [0.15, 0.2) is 24.5 Å². The van der Waals surface area contributed by atoms with E-state index in [1.54, 1.807) is 29.4 Å². The highest BCUT2D eigenvalue weighted by Gasteiger charge is 2.63. The fourth-order valence-corrected chi connectivity index (χ4v) is 8.73. The number of nitrogens with two attached hydrogens (primary N) is 1. The monoisotopic (exact) mass is 621 g/mol. The Morgan fingerprint density at radius 2 is 2.05 bits per heavy atom. The second kappa shape index (κ2) is 14.6. The summed E-state index contributed by atoms with van der Waals surface area (Å²) in [7, 11) is -2.86. The summed E-state index contributed by atoms with van der Waals surface area (Å²) in [4.78, 5) is 46.8. The van der Waals surface area contributed by atoms with Gasteiger partial charge in [-0.3, -0.25) is 24.8 Å². The summed E-state index contributed by atoms with van der Waals surface area (Å²) in [5.74, 6) is -1.97. The number of sulfonamides is 1. The maximum atomic E-state index is 14.0. The number of Topliss-reactive ketones (excluding diaryl/α,β-unsaturated/α-hetero) is 1. The molecule has 5 unspecified atom stereocenters. The Labute approximate surface area is 254 Å². The summed E-state index contributed by atoms with van der Waals surface area (Å²) in [5.41, 5.74) is 6.35. The van der Waals surface area contributed by atoms with Crippen molar-refractivity contribution in [3.8, 4) is 0 Å². The van der Waals surface area contributed by atoms with Crippen molar-refractivity contribution in [2.24, 2.45) is 17.6 Å². The van der Waals surface area contributed by atoms with E-state index in [2.05, 4.69) is 15.0 Å². The van der Waals surface area contributed by atoms with Gasteiger partial charge in [0, 0.05) is 39.0 Å². The predicted molar refractivity (Wildman–Crippen MR) is 162 cm³/mol. The zero-order valence-electron chi connectivity index (χ0n) is 25.8. The number of guanidine groups is 1. The number of amides is 2. The van der Waals surface area contributed by atoms with E-state index < -0.39 is 44.9 Å². The number of nitrogens with one attached hydrogen (secondary N) is 3. The van der Waals surface area contributed by atoms with Crippen LogP contribution in [0, 0.1) is 17.2 Å². The van der Waals surface area contributed by atoms with E-state index in [9.17, 15) is 22.8 Å². The number of ketones is 1. The van der Waals surface area contributed by atoms with Gasteiger partial charge in [-0.1, -0.05) is 33.3 Å². The Hall–Kier alpha value is -3.10. The molecular formula is C29H47N7O6S. The van der Waals surface area contributed by atoms with Gasteiger partial charge in [0.15, 0.2) is 18.0 Å². The van der Waals surface area contributed by atoms with Gasteiger partial charge in [-0.05, 0) is 56.1 Å². The molecule has 0 radical (unpaired) electrons. The molecule has 5 atom stereocenters. The number of hydrogen-bond acceptors (Lipinski definition) is 8. The molecule has 2 heterocycles. The third-order valence-corrected chi connectivity index (χ3v) is 10.7. The van der Waals surface area contributed by atoms with Crippen LogP contribution in [0.3, 0.4) is 0 Å². The molecule has 1 aromatic rings. The second-order valence-corrected chi connectivity index (χ2v) is 13.8. The maximum Gasteiger partial charge on any atom is 0.241 e. The third kappa shape index (κ3) is 7.52. The van der Waals surface area contributed by atoms with Crippen molar-refractivity contribution in [1.29, 1.82) is 5.41 Å². The van der Waals surface area contributed by atoms with Gasteiger partial charge in [0.25, 0.3) is 0 Å². The number of likely N-dealkylation sites (N-methyl/N-ethyl adjacent to an activating group) is 1. The highest BCUT2D eigenvalue weighted by atomic mass is 32.2. The van der Waals surface area contributed by atoms with Crippen molar-refractivity contribution in [2.75, 3.05) is 26.7 Å². The lowest BCUT2D eigenvalue weighted by atomic mass is 9.64. The standard InChI is InChI=1S/C29H47N7O6S/c1-6-12-29(21(19(3)4)16-24(29)37)43(40,41)34-23(15-20-10-8-13-32-17-20)26(39)35(5)18-25(38)33-22-11-9-14-36(28(30)31)27(22)42-7-2/h8,10,13,17,19,21-23,27,34H,6-7,9,11-12,14-16,18H2,1-5H3,(H3,30,31)(H,33,38). The molecule has 3 rings (SSSR count). The minimum absolute atomic E-state index is 0.0107. The third-order valence-electron chi connectivity index (χ3n) is 8.46. The Bertz CT molecular complexity index is 1260. The number of carbonyl (C=O) groups is 3. The molecule has 0 spiro atoms. The zero-order valence-corrected chi connectivity index (χ0v) is 26.7. The number of ether oxygens (including phenoxy) is 1. The Morgan fingerprint density at radius 3 is 2.60 bits per heavy atom. The van der Waals surface area contributed by atoms with Crippen LogP contribution in [0.5, 0.6) is 0 Å². The number of aromatic nitrogens is 1. The van der Waals surface area contributed by atoms with E-state index in [1.165, 1.54) is 11.9 Å². The number of pyridine rings is 1.